The van der Waals surface area contributed by atoms with Gasteiger partial charge < -0.3 is 5.11 Å². The molecule has 1 aromatic rings. The summed E-state index contributed by atoms with van der Waals surface area (Å²) in [5, 5.41) is 10.4. The van der Waals surface area contributed by atoms with Gasteiger partial charge in [-0.25, -0.2) is 8.42 Å². The number of hydrogen-bond acceptors (Lipinski definition) is 3. The minimum absolute atomic E-state index is 0.307. The Bertz CT molecular complexity index is 681. The number of rotatable bonds is 3. The van der Waals surface area contributed by atoms with Gasteiger partial charge in [0.25, 0.3) is 0 Å². The monoisotopic (exact) mass is 280 g/mol. The second-order valence-electron chi connectivity index (χ2n) is 5.54. The summed E-state index contributed by atoms with van der Waals surface area (Å²) in [6.45, 7) is 5.06. The molecule has 0 aromatic heterocycles. The van der Waals surface area contributed by atoms with Crippen LogP contribution in [0.1, 0.15) is 31.9 Å². The first kappa shape index (κ1) is 13.8. The van der Waals surface area contributed by atoms with Crippen LogP contribution in [0.25, 0.3) is 5.57 Å². The first-order valence-corrected chi connectivity index (χ1v) is 7.48. The molecule has 0 spiro atoms. The number of fused-ring (bicyclic) bond motifs is 1. The number of hydrogen-bond donors (Lipinski definition) is 1. The molecule has 1 aliphatic heterocycles. The van der Waals surface area contributed by atoms with Crippen LogP contribution in [-0.2, 0) is 21.1 Å². The molecule has 0 unspecified atom stereocenters. The van der Waals surface area contributed by atoms with Crippen LogP contribution in [0, 0.1) is 5.41 Å². The smallest absolute Gasteiger partial charge is 0.309 e. The van der Waals surface area contributed by atoms with Crippen molar-refractivity contribution in [3.63, 3.8) is 0 Å². The first-order chi connectivity index (χ1) is 8.63. The summed E-state index contributed by atoms with van der Waals surface area (Å²) in [4.78, 5) is 11.4. The van der Waals surface area contributed by atoms with Crippen molar-refractivity contribution in [1.29, 1.82) is 0 Å². The molecule has 19 heavy (non-hydrogen) atoms. The molecule has 0 fully saturated rings. The lowest BCUT2D eigenvalue weighted by molar-refractivity contribution is -0.146. The maximum atomic E-state index is 11.8. The Labute approximate surface area is 112 Å². The zero-order chi connectivity index (χ0) is 14.4. The molecule has 2 rings (SSSR count). The van der Waals surface area contributed by atoms with Gasteiger partial charge in [0.15, 0.2) is 0 Å². The van der Waals surface area contributed by atoms with Crippen molar-refractivity contribution in [2.24, 2.45) is 5.41 Å². The van der Waals surface area contributed by atoms with Crippen LogP contribution in [0.3, 0.4) is 0 Å². The molecule has 0 saturated heterocycles. The largest absolute Gasteiger partial charge is 0.481 e. The highest BCUT2D eigenvalue weighted by atomic mass is 32.2. The van der Waals surface area contributed by atoms with E-state index in [0.29, 0.717) is 22.5 Å². The normalized spacial score (nSPS) is 16.9. The molecule has 1 aliphatic rings. The third-order valence-electron chi connectivity index (χ3n) is 3.33. The van der Waals surface area contributed by atoms with Gasteiger partial charge in [-0.2, -0.15) is 0 Å². The molecular weight excluding hydrogens is 264 g/mol. The Kier molecular flexibility index (Phi) is 3.05. The lowest BCUT2D eigenvalue weighted by Crippen LogP contribution is -2.26. The van der Waals surface area contributed by atoms with Crippen molar-refractivity contribution in [3.05, 3.63) is 34.7 Å². The third-order valence-corrected chi connectivity index (χ3v) is 4.97. The molecule has 0 saturated carbocycles. The van der Waals surface area contributed by atoms with Crippen molar-refractivity contribution in [2.75, 3.05) is 0 Å². The second kappa shape index (κ2) is 4.20. The van der Waals surface area contributed by atoms with E-state index in [1.807, 2.05) is 0 Å². The molecule has 0 amide bonds. The Balaban J connectivity index is 2.42. The van der Waals surface area contributed by atoms with Gasteiger partial charge in [-0.3, -0.25) is 4.79 Å². The molecule has 1 aromatic carbocycles. The van der Waals surface area contributed by atoms with Gasteiger partial charge in [0.2, 0.25) is 9.84 Å². The van der Waals surface area contributed by atoms with Gasteiger partial charge in [0, 0.05) is 5.41 Å². The highest BCUT2D eigenvalue weighted by molar-refractivity contribution is 7.95. The number of aliphatic carboxylic acids is 1. The van der Waals surface area contributed by atoms with E-state index < -0.39 is 21.2 Å². The highest BCUT2D eigenvalue weighted by Crippen LogP contribution is 2.34. The minimum Gasteiger partial charge on any atom is -0.481 e. The maximum Gasteiger partial charge on any atom is 0.309 e. The van der Waals surface area contributed by atoms with E-state index in [-0.39, 0.29) is 0 Å². The zero-order valence-corrected chi connectivity index (χ0v) is 11.9. The third kappa shape index (κ3) is 2.42. The number of allylic oxidation sites excluding steroid dienone is 1. The quantitative estimate of drug-likeness (QED) is 0.923. The highest BCUT2D eigenvalue weighted by Gasteiger charge is 2.29. The van der Waals surface area contributed by atoms with E-state index in [2.05, 4.69) is 0 Å². The lowest BCUT2D eigenvalue weighted by atomic mass is 9.85. The SMILES string of the molecule is CC1=CS(=O)(=O)c2ccc(CC(C)(C)C(=O)O)cc21. The fraction of sp³-hybridized carbons (Fsp3) is 0.357. The van der Waals surface area contributed by atoms with Gasteiger partial charge in [-0.1, -0.05) is 12.1 Å². The van der Waals surface area contributed by atoms with Crippen molar-refractivity contribution < 1.29 is 18.3 Å². The van der Waals surface area contributed by atoms with Crippen LogP contribution in [0.15, 0.2) is 28.5 Å². The van der Waals surface area contributed by atoms with Gasteiger partial charge in [0.05, 0.1) is 10.3 Å². The maximum absolute atomic E-state index is 11.8. The fourth-order valence-corrected chi connectivity index (χ4v) is 3.69. The predicted molar refractivity (Wildman–Crippen MR) is 72.4 cm³/mol. The van der Waals surface area contributed by atoms with Gasteiger partial charge in [-0.15, -0.1) is 0 Å². The summed E-state index contributed by atoms with van der Waals surface area (Å²) in [7, 11) is -3.31. The van der Waals surface area contributed by atoms with Crippen LogP contribution < -0.4 is 0 Å². The fourth-order valence-electron chi connectivity index (χ4n) is 2.19. The molecule has 4 nitrogen and oxygen atoms in total. The van der Waals surface area contributed by atoms with Gasteiger partial charge >= 0.3 is 5.97 Å². The number of carboxylic acids is 1. The van der Waals surface area contributed by atoms with Crippen molar-refractivity contribution in [1.82, 2.24) is 0 Å². The molecule has 1 N–H and O–H groups in total. The van der Waals surface area contributed by atoms with Crippen molar-refractivity contribution in [2.45, 2.75) is 32.1 Å². The second-order valence-corrected chi connectivity index (χ2v) is 7.31. The molecular formula is C14H16O4S. The van der Waals surface area contributed by atoms with Gasteiger partial charge in [-0.05, 0) is 50.0 Å². The van der Waals surface area contributed by atoms with Crippen LogP contribution in [0.4, 0.5) is 0 Å². The van der Waals surface area contributed by atoms with Crippen LogP contribution in [0.5, 0.6) is 0 Å². The lowest BCUT2D eigenvalue weighted by Gasteiger charge is -2.19. The van der Waals surface area contributed by atoms with Crippen molar-refractivity contribution >= 4 is 21.4 Å². The number of sulfone groups is 1. The molecule has 102 valence electrons. The Hall–Kier alpha value is -1.62. The molecule has 0 aliphatic carbocycles. The van der Waals surface area contributed by atoms with E-state index >= 15 is 0 Å². The minimum atomic E-state index is -3.31. The molecule has 0 atom stereocenters. The molecule has 1 heterocycles. The molecule has 5 heteroatoms. The van der Waals surface area contributed by atoms with E-state index in [0.717, 1.165) is 5.56 Å². The summed E-state index contributed by atoms with van der Waals surface area (Å²) in [6, 6.07) is 5.02. The number of carbonyl (C=O) groups is 1. The van der Waals surface area contributed by atoms with Gasteiger partial charge in [0.1, 0.15) is 0 Å². The summed E-state index contributed by atoms with van der Waals surface area (Å²) in [5.41, 5.74) is 1.34. The molecule has 0 bridgehead atoms. The van der Waals surface area contributed by atoms with E-state index in [1.165, 1.54) is 5.41 Å². The van der Waals surface area contributed by atoms with Crippen LogP contribution in [0.2, 0.25) is 0 Å². The van der Waals surface area contributed by atoms with E-state index in [1.54, 1.807) is 39.0 Å². The number of carboxylic acid groups (broad SMARTS) is 1. The average molecular weight is 280 g/mol. The van der Waals surface area contributed by atoms with E-state index in [4.69, 9.17) is 5.11 Å². The molecule has 0 radical (unpaired) electrons. The summed E-state index contributed by atoms with van der Waals surface area (Å²) in [6.07, 6.45) is 0.364. The van der Waals surface area contributed by atoms with E-state index in [9.17, 15) is 13.2 Å². The first-order valence-electron chi connectivity index (χ1n) is 5.93. The number of benzene rings is 1. The topological polar surface area (TPSA) is 71.4 Å². The summed E-state index contributed by atoms with van der Waals surface area (Å²) < 4.78 is 23.6. The van der Waals surface area contributed by atoms with Crippen LogP contribution >= 0.6 is 0 Å². The Morgan fingerprint density at radius 2 is 1.95 bits per heavy atom. The summed E-state index contributed by atoms with van der Waals surface area (Å²) >= 11 is 0. The standard InChI is InChI=1S/C14H16O4S/c1-9-8-19(17,18)12-5-4-10(6-11(9)12)7-14(2,3)13(15)16/h4-6,8H,7H2,1-3H3,(H,15,16). The average Bonchev–Trinajstić information content (AvgIpc) is 2.48. The Morgan fingerprint density at radius 1 is 1.32 bits per heavy atom. The summed E-state index contributed by atoms with van der Waals surface area (Å²) in [5.74, 6) is -0.868. The van der Waals surface area contributed by atoms with Crippen LogP contribution in [-0.4, -0.2) is 19.5 Å². The predicted octanol–water partition coefficient (Wildman–Crippen LogP) is 2.49. The Morgan fingerprint density at radius 3 is 2.53 bits per heavy atom. The van der Waals surface area contributed by atoms with Crippen molar-refractivity contribution in [3.8, 4) is 0 Å². The zero-order valence-electron chi connectivity index (χ0n) is 11.1.